The zero-order chi connectivity index (χ0) is 9.80. The van der Waals surface area contributed by atoms with Gasteiger partial charge in [0.2, 0.25) is 0 Å². The highest BCUT2D eigenvalue weighted by molar-refractivity contribution is 5.85. The summed E-state index contributed by atoms with van der Waals surface area (Å²) in [6, 6.07) is 10.4. The minimum Gasteiger partial charge on any atom is -0.396 e. The molecule has 0 saturated carbocycles. The molecule has 0 bridgehead atoms. The highest BCUT2D eigenvalue weighted by Crippen LogP contribution is 2.03. The Balaban J connectivity index is 0.00000112. The number of anilines is 1. The fourth-order valence-corrected chi connectivity index (χ4v) is 1.39. The highest BCUT2D eigenvalue weighted by Gasteiger charge is 1.95. The molecule has 15 heavy (non-hydrogen) atoms. The van der Waals surface area contributed by atoms with Crippen molar-refractivity contribution in [1.82, 2.24) is 9.78 Å². The molecule has 80 valence electrons. The molecule has 0 saturated heterocycles. The molecule has 1 heterocycles. The molecular formula is C11H14ClN3. The number of rotatable bonds is 3. The van der Waals surface area contributed by atoms with Gasteiger partial charge in [-0.2, -0.15) is 5.10 Å². The van der Waals surface area contributed by atoms with Crippen LogP contribution in [-0.2, 0) is 13.0 Å². The van der Waals surface area contributed by atoms with Crippen molar-refractivity contribution in [2.45, 2.75) is 13.0 Å². The Labute approximate surface area is 95.3 Å². The first-order valence-corrected chi connectivity index (χ1v) is 4.66. The maximum atomic E-state index is 5.56. The molecule has 2 N–H and O–H groups in total. The molecule has 0 fully saturated rings. The van der Waals surface area contributed by atoms with Crippen LogP contribution in [0, 0.1) is 0 Å². The van der Waals surface area contributed by atoms with Crippen LogP contribution in [0.4, 0.5) is 5.69 Å². The Morgan fingerprint density at radius 1 is 1.20 bits per heavy atom. The Morgan fingerprint density at radius 2 is 1.93 bits per heavy atom. The van der Waals surface area contributed by atoms with Crippen LogP contribution in [0.25, 0.3) is 0 Å². The molecule has 2 rings (SSSR count). The third-order valence-electron chi connectivity index (χ3n) is 2.13. The number of hydrogen-bond donors (Lipinski definition) is 1. The van der Waals surface area contributed by atoms with Crippen molar-refractivity contribution < 1.29 is 0 Å². The van der Waals surface area contributed by atoms with Gasteiger partial charge in [0.05, 0.1) is 11.9 Å². The molecule has 3 nitrogen and oxygen atoms in total. The van der Waals surface area contributed by atoms with E-state index < -0.39 is 0 Å². The summed E-state index contributed by atoms with van der Waals surface area (Å²) >= 11 is 0. The standard InChI is InChI=1S/C11H13N3.ClH/c12-11-8-13-14(9-11)7-6-10-4-2-1-3-5-10;/h1-5,8-9H,6-7,12H2;1H. The van der Waals surface area contributed by atoms with Gasteiger partial charge in [-0.25, -0.2) is 0 Å². The predicted molar refractivity (Wildman–Crippen MR) is 64.0 cm³/mol. The third kappa shape index (κ3) is 3.29. The van der Waals surface area contributed by atoms with Crippen LogP contribution < -0.4 is 5.73 Å². The van der Waals surface area contributed by atoms with Crippen molar-refractivity contribution in [3.8, 4) is 0 Å². The predicted octanol–water partition coefficient (Wildman–Crippen LogP) is 2.13. The van der Waals surface area contributed by atoms with Crippen molar-refractivity contribution in [3.05, 3.63) is 48.3 Å². The fraction of sp³-hybridized carbons (Fsp3) is 0.182. The van der Waals surface area contributed by atoms with Crippen molar-refractivity contribution in [2.24, 2.45) is 0 Å². The quantitative estimate of drug-likeness (QED) is 0.867. The molecule has 0 aliphatic rings. The van der Waals surface area contributed by atoms with Gasteiger partial charge in [0.15, 0.2) is 0 Å². The summed E-state index contributed by atoms with van der Waals surface area (Å²) in [5.41, 5.74) is 7.61. The highest BCUT2D eigenvalue weighted by atomic mass is 35.5. The second-order valence-corrected chi connectivity index (χ2v) is 3.27. The van der Waals surface area contributed by atoms with Crippen LogP contribution in [0.2, 0.25) is 0 Å². The maximum absolute atomic E-state index is 5.56. The molecule has 0 atom stereocenters. The van der Waals surface area contributed by atoms with Crippen molar-refractivity contribution in [3.63, 3.8) is 0 Å². The number of hydrogen-bond acceptors (Lipinski definition) is 2. The monoisotopic (exact) mass is 223 g/mol. The van der Waals surface area contributed by atoms with E-state index in [0.717, 1.165) is 18.7 Å². The molecule has 0 amide bonds. The molecule has 0 aliphatic carbocycles. The van der Waals surface area contributed by atoms with Crippen LogP contribution in [0.1, 0.15) is 5.56 Å². The van der Waals surface area contributed by atoms with E-state index in [-0.39, 0.29) is 12.4 Å². The number of nitrogens with zero attached hydrogens (tertiary/aromatic N) is 2. The zero-order valence-corrected chi connectivity index (χ0v) is 9.15. The van der Waals surface area contributed by atoms with Gasteiger partial charge < -0.3 is 5.73 Å². The van der Waals surface area contributed by atoms with Gasteiger partial charge in [0, 0.05) is 12.7 Å². The third-order valence-corrected chi connectivity index (χ3v) is 2.13. The Morgan fingerprint density at radius 3 is 2.53 bits per heavy atom. The molecule has 0 aliphatic heterocycles. The number of nitrogen functional groups attached to an aromatic ring is 1. The average Bonchev–Trinajstić information content (AvgIpc) is 2.63. The van der Waals surface area contributed by atoms with E-state index in [1.165, 1.54) is 5.56 Å². The number of aromatic nitrogens is 2. The fourth-order valence-electron chi connectivity index (χ4n) is 1.39. The molecule has 0 unspecified atom stereocenters. The van der Waals surface area contributed by atoms with E-state index in [1.807, 2.05) is 29.1 Å². The van der Waals surface area contributed by atoms with Crippen molar-refractivity contribution >= 4 is 18.1 Å². The first-order chi connectivity index (χ1) is 6.84. The van der Waals surface area contributed by atoms with Crippen molar-refractivity contribution in [2.75, 3.05) is 5.73 Å². The lowest BCUT2D eigenvalue weighted by atomic mass is 10.1. The van der Waals surface area contributed by atoms with E-state index in [1.54, 1.807) is 6.20 Å². The lowest BCUT2D eigenvalue weighted by Gasteiger charge is -2.00. The van der Waals surface area contributed by atoms with Gasteiger partial charge in [-0.1, -0.05) is 30.3 Å². The average molecular weight is 224 g/mol. The number of aryl methyl sites for hydroxylation is 2. The van der Waals surface area contributed by atoms with Gasteiger partial charge in [-0.05, 0) is 12.0 Å². The number of halogens is 1. The molecule has 4 heteroatoms. The minimum atomic E-state index is 0. The maximum Gasteiger partial charge on any atom is 0.0719 e. The Bertz CT molecular complexity index is 397. The summed E-state index contributed by atoms with van der Waals surface area (Å²) < 4.78 is 1.86. The van der Waals surface area contributed by atoms with E-state index in [4.69, 9.17) is 5.73 Å². The Kier molecular flexibility index (Phi) is 4.18. The summed E-state index contributed by atoms with van der Waals surface area (Å²) in [6.07, 6.45) is 4.51. The lowest BCUT2D eigenvalue weighted by molar-refractivity contribution is 0.615. The molecule has 0 spiro atoms. The lowest BCUT2D eigenvalue weighted by Crippen LogP contribution is -2.01. The first kappa shape index (κ1) is 11.6. The van der Waals surface area contributed by atoms with E-state index in [9.17, 15) is 0 Å². The number of nitrogens with two attached hydrogens (primary N) is 1. The molecular weight excluding hydrogens is 210 g/mol. The Hall–Kier alpha value is -1.48. The van der Waals surface area contributed by atoms with Gasteiger partial charge in [-0.15, -0.1) is 12.4 Å². The summed E-state index contributed by atoms with van der Waals surface area (Å²) in [5, 5.41) is 4.12. The minimum absolute atomic E-state index is 0. The smallest absolute Gasteiger partial charge is 0.0719 e. The molecule has 2 aromatic rings. The molecule has 1 aromatic heterocycles. The van der Waals surface area contributed by atoms with Gasteiger partial charge in [0.25, 0.3) is 0 Å². The van der Waals surface area contributed by atoms with Crippen LogP contribution in [-0.4, -0.2) is 9.78 Å². The van der Waals surface area contributed by atoms with Crippen LogP contribution in [0.3, 0.4) is 0 Å². The summed E-state index contributed by atoms with van der Waals surface area (Å²) in [5.74, 6) is 0. The van der Waals surface area contributed by atoms with Gasteiger partial charge >= 0.3 is 0 Å². The second-order valence-electron chi connectivity index (χ2n) is 3.27. The number of benzene rings is 1. The molecule has 1 aromatic carbocycles. The van der Waals surface area contributed by atoms with Gasteiger partial charge in [-0.3, -0.25) is 4.68 Å². The summed E-state index contributed by atoms with van der Waals surface area (Å²) in [7, 11) is 0. The SMILES string of the molecule is Cl.Nc1cnn(CCc2ccccc2)c1. The van der Waals surface area contributed by atoms with Gasteiger partial charge in [0.1, 0.15) is 0 Å². The van der Waals surface area contributed by atoms with Crippen molar-refractivity contribution in [1.29, 1.82) is 0 Å². The summed E-state index contributed by atoms with van der Waals surface area (Å²) in [4.78, 5) is 0. The van der Waals surface area contributed by atoms with E-state index in [2.05, 4.69) is 17.2 Å². The normalized spacial score (nSPS) is 9.60. The van der Waals surface area contributed by atoms with Crippen LogP contribution in [0.15, 0.2) is 42.7 Å². The topological polar surface area (TPSA) is 43.8 Å². The van der Waals surface area contributed by atoms with Crippen LogP contribution >= 0.6 is 12.4 Å². The molecule has 0 radical (unpaired) electrons. The first-order valence-electron chi connectivity index (χ1n) is 4.66. The zero-order valence-electron chi connectivity index (χ0n) is 8.34. The largest absolute Gasteiger partial charge is 0.396 e. The summed E-state index contributed by atoms with van der Waals surface area (Å²) in [6.45, 7) is 0.876. The van der Waals surface area contributed by atoms with Crippen LogP contribution in [0.5, 0.6) is 0 Å². The second kappa shape index (κ2) is 5.41. The van der Waals surface area contributed by atoms with E-state index >= 15 is 0 Å². The van der Waals surface area contributed by atoms with E-state index in [0.29, 0.717) is 0 Å².